The molecule has 1 aromatic rings. The van der Waals surface area contributed by atoms with Crippen LogP contribution in [0.1, 0.15) is 12.5 Å². The molecule has 1 aliphatic rings. The molecule has 1 aromatic carbocycles. The predicted molar refractivity (Wildman–Crippen MR) is 69.0 cm³/mol. The van der Waals surface area contributed by atoms with Crippen molar-refractivity contribution >= 4 is 23.5 Å². The van der Waals surface area contributed by atoms with E-state index in [0.29, 0.717) is 22.1 Å². The first-order chi connectivity index (χ1) is 9.52. The van der Waals surface area contributed by atoms with E-state index >= 15 is 0 Å². The third kappa shape index (κ3) is 2.96. The average Bonchev–Trinajstić information content (AvgIpc) is 2.82. The Kier molecular flexibility index (Phi) is 4.34. The molecule has 0 aliphatic carbocycles. The van der Waals surface area contributed by atoms with Crippen molar-refractivity contribution in [2.45, 2.75) is 13.3 Å². The molecule has 0 fully saturated rings. The van der Waals surface area contributed by atoms with E-state index in [2.05, 4.69) is 0 Å². The maximum Gasteiger partial charge on any atom is 0.320 e. The van der Waals surface area contributed by atoms with Crippen molar-refractivity contribution in [2.75, 3.05) is 13.4 Å². The molecule has 0 saturated heterocycles. The van der Waals surface area contributed by atoms with Crippen molar-refractivity contribution in [3.05, 3.63) is 22.7 Å². The second kappa shape index (κ2) is 6.00. The first-order valence-corrected chi connectivity index (χ1v) is 6.38. The maximum atomic E-state index is 11.6. The number of ether oxygens (including phenoxy) is 3. The number of aliphatic carboxylic acids is 1. The van der Waals surface area contributed by atoms with Gasteiger partial charge in [-0.05, 0) is 25.0 Å². The van der Waals surface area contributed by atoms with E-state index in [1.165, 1.54) is 0 Å². The Morgan fingerprint density at radius 1 is 1.40 bits per heavy atom. The highest BCUT2D eigenvalue weighted by molar-refractivity contribution is 6.31. The number of fused-ring (bicyclic) bond motifs is 1. The fraction of sp³-hybridized carbons (Fsp3) is 0.385. The molecule has 0 saturated carbocycles. The molecule has 20 heavy (non-hydrogen) atoms. The number of benzene rings is 1. The number of halogens is 1. The lowest BCUT2D eigenvalue weighted by Crippen LogP contribution is -2.28. The minimum Gasteiger partial charge on any atom is -0.481 e. The molecule has 6 nitrogen and oxygen atoms in total. The van der Waals surface area contributed by atoms with Crippen LogP contribution in [0.3, 0.4) is 0 Å². The number of rotatable bonds is 5. The molecular formula is C13H13ClO6. The minimum atomic E-state index is -1.30. The van der Waals surface area contributed by atoms with Gasteiger partial charge >= 0.3 is 11.9 Å². The van der Waals surface area contributed by atoms with E-state index in [1.807, 2.05) is 0 Å². The zero-order valence-corrected chi connectivity index (χ0v) is 11.5. The lowest BCUT2D eigenvalue weighted by Gasteiger charge is -2.12. The van der Waals surface area contributed by atoms with Gasteiger partial charge in [-0.15, -0.1) is 0 Å². The quantitative estimate of drug-likeness (QED) is 0.660. The summed E-state index contributed by atoms with van der Waals surface area (Å²) in [5, 5.41) is 9.44. The smallest absolute Gasteiger partial charge is 0.320 e. The van der Waals surface area contributed by atoms with Crippen molar-refractivity contribution in [3.8, 4) is 11.5 Å². The number of hydrogen-bond acceptors (Lipinski definition) is 5. The van der Waals surface area contributed by atoms with Crippen molar-refractivity contribution in [2.24, 2.45) is 5.92 Å². The molecular weight excluding hydrogens is 288 g/mol. The second-order valence-corrected chi connectivity index (χ2v) is 4.55. The van der Waals surface area contributed by atoms with Crippen molar-refractivity contribution in [1.82, 2.24) is 0 Å². The summed E-state index contributed by atoms with van der Waals surface area (Å²) in [6.07, 6.45) is -0.0658. The molecule has 0 unspecified atom stereocenters. The monoisotopic (exact) mass is 300 g/mol. The molecule has 0 spiro atoms. The third-order valence-corrected chi connectivity index (χ3v) is 3.19. The molecule has 7 heteroatoms. The summed E-state index contributed by atoms with van der Waals surface area (Å²) in [5.74, 6) is -2.35. The number of esters is 1. The van der Waals surface area contributed by atoms with E-state index in [0.717, 1.165) is 0 Å². The first-order valence-electron chi connectivity index (χ1n) is 6.00. The van der Waals surface area contributed by atoms with Gasteiger partial charge in [-0.3, -0.25) is 9.59 Å². The van der Waals surface area contributed by atoms with Crippen molar-refractivity contribution in [3.63, 3.8) is 0 Å². The summed E-state index contributed by atoms with van der Waals surface area (Å²) in [4.78, 5) is 22.8. The molecule has 1 N–H and O–H groups in total. The Morgan fingerprint density at radius 2 is 2.05 bits per heavy atom. The molecule has 0 aromatic heterocycles. The minimum absolute atomic E-state index is 0.0658. The lowest BCUT2D eigenvalue weighted by molar-refractivity contribution is -0.158. The number of carbonyl (C=O) groups excluding carboxylic acids is 1. The van der Waals surface area contributed by atoms with E-state index in [-0.39, 0.29) is 19.8 Å². The SMILES string of the molecule is CCOC(=O)[C@H](Cc1cc2c(cc1Cl)OCO2)C(=O)O. The van der Waals surface area contributed by atoms with Crippen LogP contribution in [0.2, 0.25) is 5.02 Å². The van der Waals surface area contributed by atoms with E-state index in [1.54, 1.807) is 19.1 Å². The van der Waals surface area contributed by atoms with Crippen LogP contribution >= 0.6 is 11.6 Å². The molecule has 0 bridgehead atoms. The average molecular weight is 301 g/mol. The van der Waals surface area contributed by atoms with E-state index < -0.39 is 17.9 Å². The van der Waals surface area contributed by atoms with Gasteiger partial charge in [0.1, 0.15) is 0 Å². The zero-order valence-electron chi connectivity index (χ0n) is 10.7. The van der Waals surface area contributed by atoms with Gasteiger partial charge < -0.3 is 19.3 Å². The fourth-order valence-corrected chi connectivity index (χ4v) is 2.08. The van der Waals surface area contributed by atoms with Crippen LogP contribution in [0.15, 0.2) is 12.1 Å². The standard InChI is InChI=1S/C13H13ClO6/c1-2-18-13(17)8(12(15)16)3-7-4-10-11(5-9(7)14)20-6-19-10/h4-5,8H,2-3,6H2,1H3,(H,15,16)/t8-/m1/s1. The topological polar surface area (TPSA) is 82.1 Å². The fourth-order valence-electron chi connectivity index (χ4n) is 1.85. The molecule has 0 radical (unpaired) electrons. The third-order valence-electron chi connectivity index (χ3n) is 2.83. The van der Waals surface area contributed by atoms with Gasteiger partial charge in [0.25, 0.3) is 0 Å². The summed E-state index contributed by atoms with van der Waals surface area (Å²) < 4.78 is 15.1. The van der Waals surface area contributed by atoms with E-state index in [4.69, 9.17) is 30.9 Å². The Morgan fingerprint density at radius 3 is 2.65 bits per heavy atom. The van der Waals surface area contributed by atoms with Gasteiger partial charge in [-0.25, -0.2) is 0 Å². The summed E-state index contributed by atoms with van der Waals surface area (Å²) in [6, 6.07) is 3.13. The number of carboxylic acid groups (broad SMARTS) is 1. The highest BCUT2D eigenvalue weighted by atomic mass is 35.5. The van der Waals surface area contributed by atoms with Crippen LogP contribution in [0.5, 0.6) is 11.5 Å². The second-order valence-electron chi connectivity index (χ2n) is 4.14. The molecule has 2 rings (SSSR count). The van der Waals surface area contributed by atoms with Gasteiger partial charge in [0.05, 0.1) is 6.61 Å². The molecule has 1 atom stereocenters. The summed E-state index contributed by atoms with van der Waals surface area (Å²) >= 11 is 6.06. The van der Waals surface area contributed by atoms with Gasteiger partial charge in [-0.1, -0.05) is 11.6 Å². The predicted octanol–water partition coefficient (Wildman–Crippen LogP) is 1.88. The maximum absolute atomic E-state index is 11.6. The molecule has 0 amide bonds. The van der Waals surface area contributed by atoms with E-state index in [9.17, 15) is 9.59 Å². The van der Waals surface area contributed by atoms with Gasteiger partial charge in [0.2, 0.25) is 6.79 Å². The van der Waals surface area contributed by atoms with Gasteiger partial charge in [-0.2, -0.15) is 0 Å². The van der Waals surface area contributed by atoms with Crippen molar-refractivity contribution in [1.29, 1.82) is 0 Å². The largest absolute Gasteiger partial charge is 0.481 e. The molecule has 1 heterocycles. The number of carboxylic acids is 1. The lowest BCUT2D eigenvalue weighted by atomic mass is 9.99. The first kappa shape index (κ1) is 14.5. The normalized spacial score (nSPS) is 13.9. The highest BCUT2D eigenvalue weighted by Crippen LogP contribution is 2.37. The van der Waals surface area contributed by atoms with Crippen LogP contribution in [0.25, 0.3) is 0 Å². The Balaban J connectivity index is 2.23. The molecule has 108 valence electrons. The molecule has 1 aliphatic heterocycles. The zero-order chi connectivity index (χ0) is 14.7. The van der Waals surface area contributed by atoms with Crippen LogP contribution in [0.4, 0.5) is 0 Å². The number of carbonyl (C=O) groups is 2. The highest BCUT2D eigenvalue weighted by Gasteiger charge is 2.29. The van der Waals surface area contributed by atoms with Crippen LogP contribution in [-0.4, -0.2) is 30.4 Å². The van der Waals surface area contributed by atoms with Gasteiger partial charge in [0.15, 0.2) is 17.4 Å². The Hall–Kier alpha value is -1.95. The summed E-state index contributed by atoms with van der Waals surface area (Å²) in [5.41, 5.74) is 0.497. The summed E-state index contributed by atoms with van der Waals surface area (Å²) in [7, 11) is 0. The summed E-state index contributed by atoms with van der Waals surface area (Å²) in [6.45, 7) is 1.83. The number of hydrogen-bond donors (Lipinski definition) is 1. The van der Waals surface area contributed by atoms with Crippen LogP contribution < -0.4 is 9.47 Å². The van der Waals surface area contributed by atoms with Crippen LogP contribution in [0, 0.1) is 5.92 Å². The Labute approximate surface area is 120 Å². The van der Waals surface area contributed by atoms with Crippen molar-refractivity contribution < 1.29 is 28.9 Å². The van der Waals surface area contributed by atoms with Gasteiger partial charge in [0, 0.05) is 11.1 Å². The van der Waals surface area contributed by atoms with Crippen LogP contribution in [-0.2, 0) is 20.7 Å². The Bertz CT molecular complexity index is 542.